The average molecular weight is 192 g/mol. The molecule has 70 valence electrons. The average Bonchev–Trinajstić information content (AvgIpc) is 2.16. The van der Waals surface area contributed by atoms with E-state index in [2.05, 4.69) is 0 Å². The summed E-state index contributed by atoms with van der Waals surface area (Å²) in [4.78, 5) is 21.1. The van der Waals surface area contributed by atoms with Gasteiger partial charge in [0.1, 0.15) is 11.9 Å². The van der Waals surface area contributed by atoms with E-state index in [0.717, 1.165) is 12.1 Å². The second-order valence-electron chi connectivity index (χ2n) is 2.51. The monoisotopic (exact) mass is 192 g/mol. The van der Waals surface area contributed by atoms with Crippen molar-refractivity contribution in [2.45, 2.75) is 0 Å². The van der Waals surface area contributed by atoms with Crippen LogP contribution in [0.25, 0.3) is 0 Å². The van der Waals surface area contributed by atoms with Crippen LogP contribution >= 0.6 is 0 Å². The van der Waals surface area contributed by atoms with Crippen LogP contribution in [0, 0.1) is 17.1 Å². The normalized spacial score (nSPS) is 9.14. The van der Waals surface area contributed by atoms with Gasteiger partial charge in [0.05, 0.1) is 11.1 Å². The van der Waals surface area contributed by atoms with Crippen LogP contribution in [0.4, 0.5) is 4.39 Å². The third-order valence-corrected chi connectivity index (χ3v) is 1.65. The van der Waals surface area contributed by atoms with Gasteiger partial charge in [-0.15, -0.1) is 0 Å². The van der Waals surface area contributed by atoms with Gasteiger partial charge in [-0.25, -0.2) is 4.39 Å². The topological polar surface area (TPSA) is 83.9 Å². The summed E-state index contributed by atoms with van der Waals surface area (Å²) in [5.74, 6) is -1.77. The second kappa shape index (κ2) is 3.66. The minimum absolute atomic E-state index is 0.135. The van der Waals surface area contributed by atoms with Gasteiger partial charge in [-0.1, -0.05) is 0 Å². The maximum atomic E-state index is 13.1. The summed E-state index contributed by atoms with van der Waals surface area (Å²) in [7, 11) is 0. The van der Waals surface area contributed by atoms with Crippen LogP contribution in [0.2, 0.25) is 0 Å². The number of hydrogen-bond donors (Lipinski definition) is 1. The van der Waals surface area contributed by atoms with Gasteiger partial charge in [0, 0.05) is 5.56 Å². The minimum atomic E-state index is -0.923. The van der Waals surface area contributed by atoms with Crippen molar-refractivity contribution in [2.75, 3.05) is 0 Å². The Morgan fingerprint density at radius 1 is 1.57 bits per heavy atom. The molecule has 0 aliphatic heterocycles. The Labute approximate surface area is 78.7 Å². The van der Waals surface area contributed by atoms with Gasteiger partial charge in [-0.3, -0.25) is 9.59 Å². The summed E-state index contributed by atoms with van der Waals surface area (Å²) in [5.41, 5.74) is 4.20. The Kier molecular flexibility index (Phi) is 2.58. The molecule has 0 saturated heterocycles. The fourth-order valence-electron chi connectivity index (χ4n) is 0.972. The number of hydrogen-bond acceptors (Lipinski definition) is 3. The van der Waals surface area contributed by atoms with Crippen molar-refractivity contribution < 1.29 is 14.0 Å². The lowest BCUT2D eigenvalue weighted by Crippen LogP contribution is -2.12. The lowest BCUT2D eigenvalue weighted by Gasteiger charge is -2.00. The predicted molar refractivity (Wildman–Crippen MR) is 45.0 cm³/mol. The molecule has 0 aromatic heterocycles. The first-order valence-electron chi connectivity index (χ1n) is 3.58. The van der Waals surface area contributed by atoms with Crippen molar-refractivity contribution in [1.29, 1.82) is 5.26 Å². The van der Waals surface area contributed by atoms with Gasteiger partial charge >= 0.3 is 0 Å². The zero-order chi connectivity index (χ0) is 10.7. The number of nitrogens with two attached hydrogens (primary N) is 1. The molecule has 14 heavy (non-hydrogen) atoms. The number of amides is 1. The SMILES string of the molecule is N#Cc1cc(C(N)=O)cc(F)c1C=O. The standard InChI is InChI=1S/C9H5FN2O2/c10-8-2-5(9(12)14)1-6(3-11)7(8)4-13/h1-2,4H,(H2,12,14). The third-order valence-electron chi connectivity index (χ3n) is 1.65. The Hall–Kier alpha value is -2.22. The summed E-state index contributed by atoms with van der Waals surface area (Å²) in [6, 6.07) is 3.51. The number of aldehydes is 1. The van der Waals surface area contributed by atoms with Crippen LogP contribution < -0.4 is 5.73 Å². The zero-order valence-electron chi connectivity index (χ0n) is 6.95. The maximum Gasteiger partial charge on any atom is 0.248 e. The number of carbonyl (C=O) groups is 2. The Morgan fingerprint density at radius 2 is 2.21 bits per heavy atom. The minimum Gasteiger partial charge on any atom is -0.366 e. The molecule has 0 heterocycles. The molecule has 2 N–H and O–H groups in total. The smallest absolute Gasteiger partial charge is 0.248 e. The molecule has 0 unspecified atom stereocenters. The van der Waals surface area contributed by atoms with Crippen molar-refractivity contribution in [3.05, 3.63) is 34.6 Å². The summed E-state index contributed by atoms with van der Waals surface area (Å²) >= 11 is 0. The molecule has 0 bridgehead atoms. The summed E-state index contributed by atoms with van der Waals surface area (Å²) < 4.78 is 13.1. The molecule has 1 aromatic carbocycles. The van der Waals surface area contributed by atoms with Crippen LogP contribution in [0.5, 0.6) is 0 Å². The molecule has 0 saturated carbocycles. The van der Waals surface area contributed by atoms with E-state index >= 15 is 0 Å². The maximum absolute atomic E-state index is 13.1. The molecule has 0 radical (unpaired) electrons. The van der Waals surface area contributed by atoms with Gasteiger partial charge in [-0.2, -0.15) is 5.26 Å². The van der Waals surface area contributed by atoms with E-state index in [1.165, 1.54) is 0 Å². The first kappa shape index (κ1) is 9.86. The van der Waals surface area contributed by atoms with Crippen LogP contribution in [0.15, 0.2) is 12.1 Å². The molecule has 4 nitrogen and oxygen atoms in total. The summed E-state index contributed by atoms with van der Waals surface area (Å²) in [5, 5.41) is 8.55. The van der Waals surface area contributed by atoms with Gasteiger partial charge < -0.3 is 5.73 Å². The van der Waals surface area contributed by atoms with Gasteiger partial charge in [-0.05, 0) is 12.1 Å². The van der Waals surface area contributed by atoms with Crippen LogP contribution in [0.3, 0.4) is 0 Å². The van der Waals surface area contributed by atoms with Crippen molar-refractivity contribution in [3.8, 4) is 6.07 Å². The number of halogens is 1. The predicted octanol–water partition coefficient (Wildman–Crippen LogP) is 0.609. The first-order valence-corrected chi connectivity index (χ1v) is 3.58. The van der Waals surface area contributed by atoms with E-state index in [0.29, 0.717) is 0 Å². The Morgan fingerprint density at radius 3 is 2.64 bits per heavy atom. The molecule has 1 amide bonds. The highest BCUT2D eigenvalue weighted by atomic mass is 19.1. The molecule has 5 heteroatoms. The largest absolute Gasteiger partial charge is 0.366 e. The molecular formula is C9H5FN2O2. The lowest BCUT2D eigenvalue weighted by atomic mass is 10.0. The fourth-order valence-corrected chi connectivity index (χ4v) is 0.972. The highest BCUT2D eigenvalue weighted by molar-refractivity contribution is 5.94. The van der Waals surface area contributed by atoms with Gasteiger partial charge in [0.15, 0.2) is 6.29 Å². The summed E-state index contributed by atoms with van der Waals surface area (Å²) in [6.07, 6.45) is 0.221. The molecule has 0 spiro atoms. The van der Waals surface area contributed by atoms with Gasteiger partial charge in [0.2, 0.25) is 5.91 Å². The molecule has 0 atom stereocenters. The third kappa shape index (κ3) is 1.59. The van der Waals surface area contributed by atoms with Crippen molar-refractivity contribution in [1.82, 2.24) is 0 Å². The second-order valence-corrected chi connectivity index (χ2v) is 2.51. The van der Waals surface area contributed by atoms with E-state index in [1.807, 2.05) is 0 Å². The number of rotatable bonds is 2. The zero-order valence-corrected chi connectivity index (χ0v) is 6.95. The molecule has 1 rings (SSSR count). The van der Waals surface area contributed by atoms with Gasteiger partial charge in [0.25, 0.3) is 0 Å². The highest BCUT2D eigenvalue weighted by Crippen LogP contribution is 2.13. The van der Waals surface area contributed by atoms with E-state index in [-0.39, 0.29) is 23.0 Å². The van der Waals surface area contributed by atoms with Crippen LogP contribution in [-0.4, -0.2) is 12.2 Å². The number of benzene rings is 1. The van der Waals surface area contributed by atoms with E-state index in [4.69, 9.17) is 11.0 Å². The van der Waals surface area contributed by atoms with Crippen LogP contribution in [0.1, 0.15) is 26.3 Å². The number of primary amides is 1. The molecule has 0 fully saturated rings. The molecule has 1 aromatic rings. The molecule has 0 aliphatic carbocycles. The molecule has 0 aliphatic rings. The van der Waals surface area contributed by atoms with Crippen molar-refractivity contribution in [2.24, 2.45) is 5.73 Å². The van der Waals surface area contributed by atoms with E-state index < -0.39 is 11.7 Å². The van der Waals surface area contributed by atoms with Crippen LogP contribution in [-0.2, 0) is 0 Å². The number of carbonyl (C=O) groups excluding carboxylic acids is 2. The Bertz CT molecular complexity index is 449. The number of nitriles is 1. The van der Waals surface area contributed by atoms with E-state index in [9.17, 15) is 14.0 Å². The van der Waals surface area contributed by atoms with E-state index in [1.54, 1.807) is 6.07 Å². The van der Waals surface area contributed by atoms with Crippen molar-refractivity contribution in [3.63, 3.8) is 0 Å². The Balaban J connectivity index is 3.48. The quantitative estimate of drug-likeness (QED) is 0.696. The summed E-state index contributed by atoms with van der Waals surface area (Å²) in [6.45, 7) is 0. The van der Waals surface area contributed by atoms with Crippen molar-refractivity contribution >= 4 is 12.2 Å². The highest BCUT2D eigenvalue weighted by Gasteiger charge is 2.12. The number of nitrogens with zero attached hydrogens (tertiary/aromatic N) is 1. The fraction of sp³-hybridized carbons (Fsp3) is 0. The molecular weight excluding hydrogens is 187 g/mol. The first-order chi connectivity index (χ1) is 6.60. The lowest BCUT2D eigenvalue weighted by molar-refractivity contribution is 0.0998.